The Balaban J connectivity index is 2.21. The number of carbonyl (C=O) groups is 1. The minimum atomic E-state index is -1.000. The number of ether oxygens (including phenoxy) is 2. The lowest BCUT2D eigenvalue weighted by Gasteiger charge is -2.11. The van der Waals surface area contributed by atoms with E-state index in [2.05, 4.69) is 0 Å². The molecule has 3 rings (SSSR count). The molecule has 3 aromatic rings. The van der Waals surface area contributed by atoms with E-state index in [0.29, 0.717) is 17.1 Å². The van der Waals surface area contributed by atoms with Gasteiger partial charge in [-0.15, -0.1) is 0 Å². The van der Waals surface area contributed by atoms with E-state index in [1.54, 1.807) is 44.6 Å². The van der Waals surface area contributed by atoms with Gasteiger partial charge in [0.05, 0.1) is 19.8 Å². The zero-order valence-electron chi connectivity index (χ0n) is 14.0. The highest BCUT2D eigenvalue weighted by molar-refractivity contribution is 6.22. The third-order valence-corrected chi connectivity index (χ3v) is 4.07. The number of methoxy groups -OCH3 is 2. The first kappa shape index (κ1) is 16.6. The van der Waals surface area contributed by atoms with Gasteiger partial charge in [0.2, 0.25) is 0 Å². The molecular weight excluding hydrogens is 316 g/mol. The fourth-order valence-corrected chi connectivity index (χ4v) is 2.79. The number of benzene rings is 3. The Morgan fingerprint density at radius 1 is 0.920 bits per heavy atom. The molecule has 4 heteroatoms. The summed E-state index contributed by atoms with van der Waals surface area (Å²) in [5.74, 6) is 0.308. The predicted octanol–water partition coefficient (Wildman–Crippen LogP) is 4.48. The molecule has 0 aliphatic rings. The van der Waals surface area contributed by atoms with E-state index in [1.807, 2.05) is 36.4 Å². The minimum absolute atomic E-state index is 0.192. The second-order valence-corrected chi connectivity index (χ2v) is 5.49. The molecule has 4 nitrogen and oxygen atoms in total. The first-order chi connectivity index (χ1) is 12.1. The van der Waals surface area contributed by atoms with E-state index in [9.17, 15) is 9.90 Å². The smallest absolute Gasteiger partial charge is 0.336 e. The van der Waals surface area contributed by atoms with Crippen molar-refractivity contribution in [3.05, 3.63) is 71.8 Å². The Morgan fingerprint density at radius 3 is 2.28 bits per heavy atom. The minimum Gasteiger partial charge on any atom is -0.497 e. The SMILES string of the molecule is COc1ccc(/C(=C\c2c(OC)ccc3ccccc23)C(=O)O)cc1. The molecule has 1 N–H and O–H groups in total. The lowest BCUT2D eigenvalue weighted by molar-refractivity contribution is -0.130. The fourth-order valence-electron chi connectivity index (χ4n) is 2.79. The lowest BCUT2D eigenvalue weighted by Crippen LogP contribution is -2.00. The molecule has 0 fully saturated rings. The lowest BCUT2D eigenvalue weighted by atomic mass is 9.98. The van der Waals surface area contributed by atoms with Gasteiger partial charge >= 0.3 is 5.97 Å². The van der Waals surface area contributed by atoms with Crippen LogP contribution in [0.5, 0.6) is 11.5 Å². The number of hydrogen-bond donors (Lipinski definition) is 1. The molecule has 0 aliphatic carbocycles. The van der Waals surface area contributed by atoms with Crippen LogP contribution in [-0.2, 0) is 4.79 Å². The van der Waals surface area contributed by atoms with Crippen LogP contribution in [-0.4, -0.2) is 25.3 Å². The van der Waals surface area contributed by atoms with E-state index in [1.165, 1.54) is 0 Å². The standard InChI is InChI=1S/C21H18O4/c1-24-16-10-7-15(8-11-16)18(21(22)23)13-19-17-6-4-3-5-14(17)9-12-20(19)25-2/h3-13H,1-2H3,(H,22,23)/b18-13+. The van der Waals surface area contributed by atoms with Crippen molar-refractivity contribution < 1.29 is 19.4 Å². The summed E-state index contributed by atoms with van der Waals surface area (Å²) in [4.78, 5) is 11.9. The van der Waals surface area contributed by atoms with Gasteiger partial charge in [0, 0.05) is 5.56 Å². The summed E-state index contributed by atoms with van der Waals surface area (Å²) < 4.78 is 10.6. The van der Waals surface area contributed by atoms with Crippen LogP contribution in [0.1, 0.15) is 11.1 Å². The third-order valence-electron chi connectivity index (χ3n) is 4.07. The van der Waals surface area contributed by atoms with Gasteiger partial charge in [0.1, 0.15) is 11.5 Å². The van der Waals surface area contributed by atoms with Crippen molar-refractivity contribution in [2.24, 2.45) is 0 Å². The molecule has 0 bridgehead atoms. The highest BCUT2D eigenvalue weighted by atomic mass is 16.5. The van der Waals surface area contributed by atoms with Crippen LogP contribution in [0.25, 0.3) is 22.4 Å². The summed E-state index contributed by atoms with van der Waals surface area (Å²) in [7, 11) is 3.15. The van der Waals surface area contributed by atoms with Crippen LogP contribution in [0, 0.1) is 0 Å². The van der Waals surface area contributed by atoms with E-state index in [0.717, 1.165) is 16.3 Å². The van der Waals surface area contributed by atoms with E-state index in [-0.39, 0.29) is 5.57 Å². The van der Waals surface area contributed by atoms with Gasteiger partial charge in [-0.25, -0.2) is 4.79 Å². The largest absolute Gasteiger partial charge is 0.497 e. The number of fused-ring (bicyclic) bond motifs is 1. The van der Waals surface area contributed by atoms with Crippen molar-refractivity contribution in [3.8, 4) is 11.5 Å². The van der Waals surface area contributed by atoms with Crippen molar-refractivity contribution in [2.45, 2.75) is 0 Å². The molecule has 0 radical (unpaired) electrons. The van der Waals surface area contributed by atoms with Crippen molar-refractivity contribution >= 4 is 28.4 Å². The second-order valence-electron chi connectivity index (χ2n) is 5.49. The Morgan fingerprint density at radius 2 is 1.64 bits per heavy atom. The molecule has 0 atom stereocenters. The second kappa shape index (κ2) is 7.09. The van der Waals surface area contributed by atoms with Crippen LogP contribution in [0.15, 0.2) is 60.7 Å². The molecule has 0 saturated carbocycles. The molecule has 25 heavy (non-hydrogen) atoms. The number of rotatable bonds is 5. The maximum atomic E-state index is 11.9. The quantitative estimate of drug-likeness (QED) is 0.552. The maximum absolute atomic E-state index is 11.9. The summed E-state index contributed by atoms with van der Waals surface area (Å²) in [5.41, 5.74) is 1.54. The first-order valence-corrected chi connectivity index (χ1v) is 7.79. The predicted molar refractivity (Wildman–Crippen MR) is 99.0 cm³/mol. The molecule has 0 aliphatic heterocycles. The molecule has 3 aromatic carbocycles. The molecule has 0 unspecified atom stereocenters. The Bertz CT molecular complexity index is 940. The van der Waals surface area contributed by atoms with Crippen molar-refractivity contribution in [3.63, 3.8) is 0 Å². The van der Waals surface area contributed by atoms with Gasteiger partial charge in [-0.1, -0.05) is 42.5 Å². The van der Waals surface area contributed by atoms with Gasteiger partial charge in [0.25, 0.3) is 0 Å². The van der Waals surface area contributed by atoms with E-state index in [4.69, 9.17) is 9.47 Å². The monoisotopic (exact) mass is 334 g/mol. The van der Waals surface area contributed by atoms with Gasteiger partial charge in [-0.2, -0.15) is 0 Å². The van der Waals surface area contributed by atoms with Crippen molar-refractivity contribution in [1.82, 2.24) is 0 Å². The average Bonchev–Trinajstić information content (AvgIpc) is 2.65. The summed E-state index contributed by atoms with van der Waals surface area (Å²) >= 11 is 0. The topological polar surface area (TPSA) is 55.8 Å². The van der Waals surface area contributed by atoms with Crippen LogP contribution in [0.3, 0.4) is 0 Å². The Labute approximate surface area is 145 Å². The Kier molecular flexibility index (Phi) is 4.70. The number of hydrogen-bond acceptors (Lipinski definition) is 3. The molecular formula is C21H18O4. The highest BCUT2D eigenvalue weighted by Crippen LogP contribution is 2.32. The van der Waals surface area contributed by atoms with Crippen molar-refractivity contribution in [2.75, 3.05) is 14.2 Å². The normalized spacial score (nSPS) is 11.4. The molecule has 0 amide bonds. The average molecular weight is 334 g/mol. The van der Waals surface area contributed by atoms with Crippen molar-refractivity contribution in [1.29, 1.82) is 0 Å². The molecule has 0 spiro atoms. The zero-order valence-corrected chi connectivity index (χ0v) is 14.0. The summed E-state index contributed by atoms with van der Waals surface area (Å²) in [5, 5.41) is 11.7. The van der Waals surface area contributed by atoms with E-state index >= 15 is 0 Å². The van der Waals surface area contributed by atoms with Gasteiger partial charge < -0.3 is 14.6 Å². The van der Waals surface area contributed by atoms with E-state index < -0.39 is 5.97 Å². The number of carboxylic acids is 1. The van der Waals surface area contributed by atoms with Crippen LogP contribution in [0.4, 0.5) is 0 Å². The van der Waals surface area contributed by atoms with Gasteiger partial charge in [-0.05, 0) is 40.6 Å². The van der Waals surface area contributed by atoms with Gasteiger partial charge in [0.15, 0.2) is 0 Å². The number of carboxylic acid groups (broad SMARTS) is 1. The third kappa shape index (κ3) is 3.33. The van der Waals surface area contributed by atoms with Crippen LogP contribution >= 0.6 is 0 Å². The Hall–Kier alpha value is -3.27. The van der Waals surface area contributed by atoms with Gasteiger partial charge in [-0.3, -0.25) is 0 Å². The zero-order chi connectivity index (χ0) is 17.8. The number of aliphatic carboxylic acids is 1. The highest BCUT2D eigenvalue weighted by Gasteiger charge is 2.14. The summed E-state index contributed by atoms with van der Waals surface area (Å²) in [6.45, 7) is 0. The first-order valence-electron chi connectivity index (χ1n) is 7.79. The van der Waals surface area contributed by atoms with Crippen LogP contribution < -0.4 is 9.47 Å². The molecule has 0 heterocycles. The molecule has 0 saturated heterocycles. The molecule has 0 aromatic heterocycles. The summed E-state index contributed by atoms with van der Waals surface area (Å²) in [6.07, 6.45) is 1.66. The molecule has 126 valence electrons. The maximum Gasteiger partial charge on any atom is 0.336 e. The summed E-state index contributed by atoms with van der Waals surface area (Å²) in [6, 6.07) is 18.6. The fraction of sp³-hybridized carbons (Fsp3) is 0.0952. The van der Waals surface area contributed by atoms with Crippen LogP contribution in [0.2, 0.25) is 0 Å².